The van der Waals surface area contributed by atoms with E-state index in [1.807, 2.05) is 91.0 Å². The van der Waals surface area contributed by atoms with Crippen molar-refractivity contribution in [3.05, 3.63) is 102 Å². The van der Waals surface area contributed by atoms with Gasteiger partial charge in [-0.3, -0.25) is 4.79 Å². The minimum Gasteiger partial charge on any atom is -0.445 e. The van der Waals surface area contributed by atoms with E-state index in [1.54, 1.807) is 11.8 Å². The summed E-state index contributed by atoms with van der Waals surface area (Å²) in [6.45, 7) is 0.657. The number of rotatable bonds is 10. The quantitative estimate of drug-likeness (QED) is 0.366. The molecule has 0 radical (unpaired) electrons. The van der Waals surface area contributed by atoms with Gasteiger partial charge in [-0.25, -0.2) is 4.79 Å². The molecule has 0 saturated heterocycles. The molecule has 2 amide bonds. The van der Waals surface area contributed by atoms with Gasteiger partial charge in [-0.15, -0.1) is 11.8 Å². The number of thioether (sulfide) groups is 1. The molecule has 0 aliphatic rings. The lowest BCUT2D eigenvalue weighted by atomic mass is 10.1. The highest BCUT2D eigenvalue weighted by Crippen LogP contribution is 2.15. The third-order valence-electron chi connectivity index (χ3n) is 4.52. The molecule has 3 aromatic carbocycles. The molecule has 2 N–H and O–H groups in total. The summed E-state index contributed by atoms with van der Waals surface area (Å²) in [5.74, 6) is 0.515. The Morgan fingerprint density at radius 2 is 1.39 bits per heavy atom. The maximum absolute atomic E-state index is 12.8. The highest BCUT2D eigenvalue weighted by Gasteiger charge is 2.21. The third kappa shape index (κ3) is 8.18. The molecule has 160 valence electrons. The summed E-state index contributed by atoms with van der Waals surface area (Å²) in [5, 5.41) is 5.64. The van der Waals surface area contributed by atoms with Gasteiger partial charge in [0.2, 0.25) is 5.91 Å². The number of ether oxygens (including phenoxy) is 1. The maximum Gasteiger partial charge on any atom is 0.408 e. The molecule has 0 aliphatic heterocycles. The first-order valence-electron chi connectivity index (χ1n) is 10.2. The zero-order valence-electron chi connectivity index (χ0n) is 17.2. The Morgan fingerprint density at radius 1 is 0.806 bits per heavy atom. The van der Waals surface area contributed by atoms with E-state index in [0.717, 1.165) is 21.8 Å². The Bertz CT molecular complexity index is 937. The summed E-state index contributed by atoms with van der Waals surface area (Å²) in [6.07, 6.45) is -0.225. The summed E-state index contributed by atoms with van der Waals surface area (Å²) in [5.41, 5.74) is 1.85. The number of hydrogen-bond donors (Lipinski definition) is 2. The molecule has 3 rings (SSSR count). The molecular formula is C25H26N2O3S. The van der Waals surface area contributed by atoms with Crippen molar-refractivity contribution in [3.63, 3.8) is 0 Å². The van der Waals surface area contributed by atoms with Crippen LogP contribution in [0.25, 0.3) is 0 Å². The molecule has 5 nitrogen and oxygen atoms in total. The molecule has 0 saturated carbocycles. The van der Waals surface area contributed by atoms with Gasteiger partial charge in [0.25, 0.3) is 0 Å². The van der Waals surface area contributed by atoms with Crippen LogP contribution in [0, 0.1) is 0 Å². The van der Waals surface area contributed by atoms with Crippen LogP contribution < -0.4 is 10.6 Å². The van der Waals surface area contributed by atoms with Crippen LogP contribution in [0.1, 0.15) is 11.1 Å². The SMILES string of the molecule is O=C(NC(Cc1ccccc1)C(=O)NCCSc1ccccc1)OCc1ccccc1. The highest BCUT2D eigenvalue weighted by molar-refractivity contribution is 7.99. The normalized spacial score (nSPS) is 11.4. The van der Waals surface area contributed by atoms with Gasteiger partial charge in [-0.2, -0.15) is 0 Å². The molecule has 1 unspecified atom stereocenters. The first kappa shape index (κ1) is 22.4. The Hall–Kier alpha value is -3.25. The van der Waals surface area contributed by atoms with E-state index in [2.05, 4.69) is 10.6 Å². The average Bonchev–Trinajstić information content (AvgIpc) is 2.82. The minimum atomic E-state index is -0.715. The summed E-state index contributed by atoms with van der Waals surface area (Å²) < 4.78 is 5.30. The predicted molar refractivity (Wildman–Crippen MR) is 124 cm³/mol. The van der Waals surface area contributed by atoms with E-state index in [4.69, 9.17) is 4.74 Å². The number of alkyl carbamates (subject to hydrolysis) is 1. The second kappa shape index (κ2) is 12.4. The van der Waals surface area contributed by atoms with Crippen LogP contribution in [0.15, 0.2) is 95.9 Å². The lowest BCUT2D eigenvalue weighted by Crippen LogP contribution is -2.48. The van der Waals surface area contributed by atoms with Gasteiger partial charge < -0.3 is 15.4 Å². The van der Waals surface area contributed by atoms with Crippen molar-refractivity contribution in [2.45, 2.75) is 24.0 Å². The molecule has 0 heterocycles. The molecular weight excluding hydrogens is 408 g/mol. The van der Waals surface area contributed by atoms with Gasteiger partial charge in [0.1, 0.15) is 12.6 Å². The second-order valence-corrected chi connectivity index (χ2v) is 8.07. The van der Waals surface area contributed by atoms with Crippen molar-refractivity contribution in [2.75, 3.05) is 12.3 Å². The Labute approximate surface area is 187 Å². The van der Waals surface area contributed by atoms with Crippen molar-refractivity contribution in [2.24, 2.45) is 0 Å². The molecule has 0 bridgehead atoms. The van der Waals surface area contributed by atoms with Crippen LogP contribution in [0.4, 0.5) is 4.79 Å². The van der Waals surface area contributed by atoms with Crippen molar-refractivity contribution in [3.8, 4) is 0 Å². The van der Waals surface area contributed by atoms with Crippen molar-refractivity contribution >= 4 is 23.8 Å². The van der Waals surface area contributed by atoms with Gasteiger partial charge in [-0.1, -0.05) is 78.9 Å². The van der Waals surface area contributed by atoms with Gasteiger partial charge in [0, 0.05) is 23.6 Å². The number of benzene rings is 3. The topological polar surface area (TPSA) is 67.4 Å². The maximum atomic E-state index is 12.8. The zero-order valence-corrected chi connectivity index (χ0v) is 18.0. The monoisotopic (exact) mass is 434 g/mol. The second-order valence-electron chi connectivity index (χ2n) is 6.90. The number of hydrogen-bond acceptors (Lipinski definition) is 4. The number of carbonyl (C=O) groups is 2. The van der Waals surface area contributed by atoms with E-state index in [-0.39, 0.29) is 12.5 Å². The summed E-state index contributed by atoms with van der Waals surface area (Å²) in [4.78, 5) is 26.2. The minimum absolute atomic E-state index is 0.153. The van der Waals surface area contributed by atoms with Crippen molar-refractivity contribution in [1.82, 2.24) is 10.6 Å². The van der Waals surface area contributed by atoms with Gasteiger partial charge in [0.05, 0.1) is 0 Å². The lowest BCUT2D eigenvalue weighted by Gasteiger charge is -2.18. The molecule has 31 heavy (non-hydrogen) atoms. The predicted octanol–water partition coefficient (Wildman–Crippen LogP) is 4.43. The molecule has 0 aromatic heterocycles. The van der Waals surface area contributed by atoms with Crippen LogP contribution in [0.5, 0.6) is 0 Å². The fraction of sp³-hybridized carbons (Fsp3) is 0.200. The van der Waals surface area contributed by atoms with E-state index in [9.17, 15) is 9.59 Å². The van der Waals surface area contributed by atoms with E-state index in [1.165, 1.54) is 0 Å². The largest absolute Gasteiger partial charge is 0.445 e. The molecule has 0 fully saturated rings. The third-order valence-corrected chi connectivity index (χ3v) is 5.53. The first-order valence-corrected chi connectivity index (χ1v) is 11.2. The van der Waals surface area contributed by atoms with Crippen LogP contribution in [0.3, 0.4) is 0 Å². The molecule has 1 atom stereocenters. The standard InChI is InChI=1S/C25H26N2O3S/c28-24(26-16-17-31-22-14-8-3-9-15-22)23(18-20-10-4-1-5-11-20)27-25(29)30-19-21-12-6-2-7-13-21/h1-15,23H,16-19H2,(H,26,28)(H,27,29). The number of amides is 2. The van der Waals surface area contributed by atoms with Gasteiger partial charge in [-0.05, 0) is 23.3 Å². The highest BCUT2D eigenvalue weighted by atomic mass is 32.2. The van der Waals surface area contributed by atoms with E-state index in [0.29, 0.717) is 13.0 Å². The summed E-state index contributed by atoms with van der Waals surface area (Å²) >= 11 is 1.67. The van der Waals surface area contributed by atoms with Crippen LogP contribution in [0.2, 0.25) is 0 Å². The van der Waals surface area contributed by atoms with Gasteiger partial charge in [0.15, 0.2) is 0 Å². The smallest absolute Gasteiger partial charge is 0.408 e. The molecule has 0 aliphatic carbocycles. The molecule has 6 heteroatoms. The van der Waals surface area contributed by atoms with Crippen LogP contribution >= 0.6 is 11.8 Å². The zero-order chi connectivity index (χ0) is 21.7. The van der Waals surface area contributed by atoms with Crippen LogP contribution in [-0.2, 0) is 22.6 Å². The Balaban J connectivity index is 1.52. The number of nitrogens with one attached hydrogen (secondary N) is 2. The molecule has 3 aromatic rings. The van der Waals surface area contributed by atoms with Gasteiger partial charge >= 0.3 is 6.09 Å². The van der Waals surface area contributed by atoms with E-state index < -0.39 is 12.1 Å². The first-order chi connectivity index (χ1) is 15.2. The Kier molecular flexibility index (Phi) is 9.01. The average molecular weight is 435 g/mol. The summed E-state index contributed by atoms with van der Waals surface area (Å²) in [7, 11) is 0. The van der Waals surface area contributed by atoms with Crippen molar-refractivity contribution < 1.29 is 14.3 Å². The molecule has 0 spiro atoms. The van der Waals surface area contributed by atoms with Crippen LogP contribution in [-0.4, -0.2) is 30.3 Å². The summed E-state index contributed by atoms with van der Waals surface area (Å²) in [6, 6.07) is 28.3. The fourth-order valence-corrected chi connectivity index (χ4v) is 3.74. The fourth-order valence-electron chi connectivity index (χ4n) is 2.95. The van der Waals surface area contributed by atoms with Crippen molar-refractivity contribution in [1.29, 1.82) is 0 Å². The lowest BCUT2D eigenvalue weighted by molar-refractivity contribution is -0.122. The Morgan fingerprint density at radius 3 is 2.03 bits per heavy atom. The number of carbonyl (C=O) groups excluding carboxylic acids is 2. The van der Waals surface area contributed by atoms with E-state index >= 15 is 0 Å².